The van der Waals surface area contributed by atoms with E-state index in [4.69, 9.17) is 23.2 Å². The number of nitro benzene ring substituents is 1. The highest BCUT2D eigenvalue weighted by Gasteiger charge is 2.30. The van der Waals surface area contributed by atoms with Crippen molar-refractivity contribution in [2.75, 3.05) is 18.9 Å². The van der Waals surface area contributed by atoms with Gasteiger partial charge in [0.15, 0.2) is 0 Å². The second kappa shape index (κ2) is 6.36. The van der Waals surface area contributed by atoms with Crippen LogP contribution in [0.25, 0.3) is 0 Å². The normalized spacial score (nSPS) is 11.8. The Bertz CT molecular complexity index is 608. The highest BCUT2D eigenvalue weighted by Crippen LogP contribution is 2.37. The molecule has 10 heteroatoms. The van der Waals surface area contributed by atoms with Crippen molar-refractivity contribution in [3.05, 3.63) is 32.3 Å². The number of rotatable bonds is 5. The molecular weight excluding hydrogens is 383 g/mol. The average molecular weight is 392 g/mol. The summed E-state index contributed by atoms with van der Waals surface area (Å²) in [6.07, 6.45) is 0. The number of hydrogen-bond acceptors (Lipinski definition) is 4. The van der Waals surface area contributed by atoms with Gasteiger partial charge in [-0.1, -0.05) is 39.1 Å². The Morgan fingerprint density at radius 1 is 1.42 bits per heavy atom. The van der Waals surface area contributed by atoms with Crippen molar-refractivity contribution in [1.29, 1.82) is 0 Å². The first kappa shape index (κ1) is 16.6. The predicted molar refractivity (Wildman–Crippen MR) is 76.7 cm³/mol. The zero-order valence-corrected chi connectivity index (χ0v) is 13.6. The van der Waals surface area contributed by atoms with E-state index in [1.54, 1.807) is 0 Å². The van der Waals surface area contributed by atoms with Crippen molar-refractivity contribution in [2.24, 2.45) is 0 Å². The van der Waals surface area contributed by atoms with Crippen molar-refractivity contribution < 1.29 is 13.3 Å². The van der Waals surface area contributed by atoms with Gasteiger partial charge in [-0.05, 0) is 12.1 Å². The van der Waals surface area contributed by atoms with Gasteiger partial charge >= 0.3 is 5.69 Å². The number of alkyl halides is 1. The van der Waals surface area contributed by atoms with Gasteiger partial charge in [-0.15, -0.1) is 0 Å². The van der Waals surface area contributed by atoms with Gasteiger partial charge in [-0.2, -0.15) is 0 Å². The third-order valence-corrected chi connectivity index (χ3v) is 5.36. The van der Waals surface area contributed by atoms with Crippen LogP contribution in [-0.4, -0.2) is 36.6 Å². The van der Waals surface area contributed by atoms with Crippen LogP contribution in [0.4, 0.5) is 5.69 Å². The zero-order valence-electron chi connectivity index (χ0n) is 9.64. The van der Waals surface area contributed by atoms with Gasteiger partial charge < -0.3 is 0 Å². The molecule has 106 valence electrons. The molecule has 0 fully saturated rings. The van der Waals surface area contributed by atoms with E-state index in [-0.39, 0.29) is 16.5 Å². The number of hydrogen-bond donors (Lipinski definition) is 0. The van der Waals surface area contributed by atoms with E-state index in [0.717, 1.165) is 16.4 Å². The van der Waals surface area contributed by atoms with Crippen molar-refractivity contribution >= 4 is 54.8 Å². The minimum absolute atomic E-state index is 0.203. The molecule has 0 unspecified atom stereocenters. The third kappa shape index (κ3) is 3.38. The van der Waals surface area contributed by atoms with Crippen molar-refractivity contribution in [1.82, 2.24) is 4.31 Å². The quantitative estimate of drug-likeness (QED) is 0.439. The third-order valence-electron chi connectivity index (χ3n) is 2.30. The molecule has 1 aromatic rings. The highest BCUT2D eigenvalue weighted by molar-refractivity contribution is 9.09. The van der Waals surface area contributed by atoms with E-state index < -0.39 is 25.7 Å². The van der Waals surface area contributed by atoms with Crippen LogP contribution in [-0.2, 0) is 10.0 Å². The van der Waals surface area contributed by atoms with E-state index in [1.165, 1.54) is 7.05 Å². The SMILES string of the molecule is CN(CCBr)S(=O)(=O)c1ccc(Cl)c([N+](=O)[O-])c1Cl. The van der Waals surface area contributed by atoms with E-state index in [9.17, 15) is 18.5 Å². The Hall–Kier alpha value is -0.410. The molecule has 1 aromatic carbocycles. The fourth-order valence-electron chi connectivity index (χ4n) is 1.30. The molecule has 0 aliphatic rings. The summed E-state index contributed by atoms with van der Waals surface area (Å²) in [5.41, 5.74) is -0.614. The summed E-state index contributed by atoms with van der Waals surface area (Å²) in [6.45, 7) is 0.203. The monoisotopic (exact) mass is 390 g/mol. The van der Waals surface area contributed by atoms with E-state index in [1.807, 2.05) is 0 Å². The Morgan fingerprint density at radius 2 is 2.00 bits per heavy atom. The molecule has 0 aliphatic heterocycles. The van der Waals surface area contributed by atoms with Crippen LogP contribution in [0.5, 0.6) is 0 Å². The van der Waals surface area contributed by atoms with Crippen molar-refractivity contribution in [3.8, 4) is 0 Å². The van der Waals surface area contributed by atoms with Gasteiger partial charge in [0.1, 0.15) is 14.9 Å². The zero-order chi connectivity index (χ0) is 14.8. The van der Waals surface area contributed by atoms with E-state index >= 15 is 0 Å². The molecule has 1 rings (SSSR count). The number of sulfonamides is 1. The van der Waals surface area contributed by atoms with E-state index in [0.29, 0.717) is 5.33 Å². The molecule has 0 aliphatic carbocycles. The maximum atomic E-state index is 12.2. The summed E-state index contributed by atoms with van der Waals surface area (Å²) in [5, 5.41) is 10.6. The topological polar surface area (TPSA) is 80.5 Å². The summed E-state index contributed by atoms with van der Waals surface area (Å²) in [7, 11) is -2.54. The van der Waals surface area contributed by atoms with Crippen LogP contribution in [0.1, 0.15) is 0 Å². The fourth-order valence-corrected chi connectivity index (χ4v) is 4.09. The summed E-state index contributed by atoms with van der Waals surface area (Å²) in [6, 6.07) is 2.29. The minimum atomic E-state index is -3.90. The smallest absolute Gasteiger partial charge is 0.258 e. The molecule has 0 saturated heterocycles. The lowest BCUT2D eigenvalue weighted by molar-refractivity contribution is -0.384. The van der Waals surface area contributed by atoms with Gasteiger partial charge in [0.25, 0.3) is 0 Å². The Kier molecular flexibility index (Phi) is 5.57. The van der Waals surface area contributed by atoms with Crippen molar-refractivity contribution in [2.45, 2.75) is 4.90 Å². The summed E-state index contributed by atoms with van der Waals surface area (Å²) < 4.78 is 25.4. The number of halogens is 3. The van der Waals surface area contributed by atoms with E-state index in [2.05, 4.69) is 15.9 Å². The summed E-state index contributed by atoms with van der Waals surface area (Å²) >= 11 is 14.6. The lowest BCUT2D eigenvalue weighted by atomic mass is 10.3. The second-order valence-corrected chi connectivity index (χ2v) is 7.07. The van der Waals surface area contributed by atoms with Crippen LogP contribution < -0.4 is 0 Å². The lowest BCUT2D eigenvalue weighted by Crippen LogP contribution is -2.29. The number of benzene rings is 1. The van der Waals surface area contributed by atoms with Crippen LogP contribution in [0.15, 0.2) is 17.0 Å². The molecule has 6 nitrogen and oxygen atoms in total. The standard InChI is InChI=1S/C9H9BrCl2N2O4S/c1-13(5-4-10)19(17,18)7-3-2-6(11)9(8(7)12)14(15)16/h2-3H,4-5H2,1H3. The molecule has 0 N–H and O–H groups in total. The Balaban J connectivity index is 3.45. The number of nitro groups is 1. The van der Waals surface area contributed by atoms with Crippen LogP contribution in [0.3, 0.4) is 0 Å². The van der Waals surface area contributed by atoms with Gasteiger partial charge in [0, 0.05) is 18.9 Å². The largest absolute Gasteiger partial charge is 0.307 e. The van der Waals surface area contributed by atoms with Gasteiger partial charge in [-0.3, -0.25) is 10.1 Å². The first-order valence-electron chi connectivity index (χ1n) is 4.88. The average Bonchev–Trinajstić information content (AvgIpc) is 2.28. The maximum Gasteiger partial charge on any atom is 0.307 e. The molecule has 0 bridgehead atoms. The highest BCUT2D eigenvalue weighted by atomic mass is 79.9. The Labute approximate surface area is 128 Å². The molecule has 0 spiro atoms. The summed E-state index contributed by atoms with van der Waals surface area (Å²) in [5.74, 6) is 0. The van der Waals surface area contributed by atoms with Gasteiger partial charge in [0.05, 0.1) is 4.92 Å². The molecule has 19 heavy (non-hydrogen) atoms. The number of nitrogens with zero attached hydrogens (tertiary/aromatic N) is 2. The molecule has 0 saturated carbocycles. The fraction of sp³-hybridized carbons (Fsp3) is 0.333. The van der Waals surface area contributed by atoms with Crippen LogP contribution >= 0.6 is 39.1 Å². The Morgan fingerprint density at radius 3 is 2.47 bits per heavy atom. The minimum Gasteiger partial charge on any atom is -0.258 e. The first-order valence-corrected chi connectivity index (χ1v) is 8.20. The molecule has 0 atom stereocenters. The van der Waals surface area contributed by atoms with Gasteiger partial charge in [0.2, 0.25) is 10.0 Å². The lowest BCUT2D eigenvalue weighted by Gasteiger charge is -2.16. The molecule has 0 heterocycles. The van der Waals surface area contributed by atoms with Crippen LogP contribution in [0, 0.1) is 10.1 Å². The molecule has 0 aromatic heterocycles. The molecule has 0 radical (unpaired) electrons. The summed E-state index contributed by atoms with van der Waals surface area (Å²) in [4.78, 5) is 9.69. The molecular formula is C9H9BrCl2N2O4S. The first-order chi connectivity index (χ1) is 8.73. The molecule has 0 amide bonds. The van der Waals surface area contributed by atoms with Crippen LogP contribution in [0.2, 0.25) is 10.0 Å². The second-order valence-electron chi connectivity index (χ2n) is 3.48. The van der Waals surface area contributed by atoms with Crippen molar-refractivity contribution in [3.63, 3.8) is 0 Å². The predicted octanol–water partition coefficient (Wildman–Crippen LogP) is 2.92. The maximum absolute atomic E-state index is 12.2. The van der Waals surface area contributed by atoms with Gasteiger partial charge in [-0.25, -0.2) is 12.7 Å².